The number of benzene rings is 1. The van der Waals surface area contributed by atoms with Crippen LogP contribution in [0.3, 0.4) is 0 Å². The molecule has 2 heterocycles. The molecule has 0 aromatic heterocycles. The van der Waals surface area contributed by atoms with Crippen molar-refractivity contribution in [3.8, 4) is 0 Å². The molecule has 2 saturated heterocycles. The van der Waals surface area contributed by atoms with Crippen LogP contribution < -0.4 is 4.90 Å². The Morgan fingerprint density at radius 1 is 1.04 bits per heavy atom. The minimum Gasteiger partial charge on any atom is -0.379 e. The summed E-state index contributed by atoms with van der Waals surface area (Å²) in [4.78, 5) is 18.3. The van der Waals surface area contributed by atoms with Crippen LogP contribution in [0.1, 0.15) is 37.0 Å². The first-order chi connectivity index (χ1) is 13.1. The van der Waals surface area contributed by atoms with Crippen LogP contribution in [0.25, 0.3) is 0 Å². The lowest BCUT2D eigenvalue weighted by Crippen LogP contribution is -2.58. The quantitative estimate of drug-likeness (QED) is 0.543. The van der Waals surface area contributed by atoms with Gasteiger partial charge in [0.1, 0.15) is 0 Å². The fourth-order valence-corrected chi connectivity index (χ4v) is 4.25. The molecule has 27 heavy (non-hydrogen) atoms. The van der Waals surface area contributed by atoms with E-state index in [2.05, 4.69) is 35.4 Å². The van der Waals surface area contributed by atoms with Crippen molar-refractivity contribution in [1.82, 2.24) is 4.90 Å². The molecule has 0 radical (unpaired) electrons. The highest BCUT2D eigenvalue weighted by Gasteiger charge is 2.43. The van der Waals surface area contributed by atoms with Crippen LogP contribution in [0, 0.1) is 0 Å². The molecular weight excluding hydrogens is 340 g/mol. The molecule has 5 heteroatoms. The first kappa shape index (κ1) is 20.1. The SMILES string of the molecule is C=C(C)CC(CC)(C(=O)c1ccc(N2CCOCC2)cc1)N1CCOCC1. The first-order valence-corrected chi connectivity index (χ1v) is 10.0. The molecule has 1 aromatic rings. The fraction of sp³-hybridized carbons (Fsp3) is 0.591. The lowest BCUT2D eigenvalue weighted by Gasteiger charge is -2.44. The summed E-state index contributed by atoms with van der Waals surface area (Å²) in [7, 11) is 0. The molecule has 5 nitrogen and oxygen atoms in total. The van der Waals surface area contributed by atoms with Gasteiger partial charge < -0.3 is 14.4 Å². The molecule has 0 spiro atoms. The van der Waals surface area contributed by atoms with Crippen molar-refractivity contribution in [3.05, 3.63) is 42.0 Å². The van der Waals surface area contributed by atoms with Gasteiger partial charge in [-0.25, -0.2) is 0 Å². The van der Waals surface area contributed by atoms with Crippen molar-refractivity contribution in [2.75, 3.05) is 57.5 Å². The molecule has 2 aliphatic heterocycles. The Balaban J connectivity index is 1.85. The average molecular weight is 373 g/mol. The zero-order chi connectivity index (χ0) is 19.3. The smallest absolute Gasteiger partial charge is 0.183 e. The lowest BCUT2D eigenvalue weighted by atomic mass is 9.79. The van der Waals surface area contributed by atoms with Crippen LogP contribution in [0.2, 0.25) is 0 Å². The highest BCUT2D eigenvalue weighted by atomic mass is 16.5. The second-order valence-corrected chi connectivity index (χ2v) is 7.59. The summed E-state index contributed by atoms with van der Waals surface area (Å²) >= 11 is 0. The zero-order valence-corrected chi connectivity index (χ0v) is 16.7. The topological polar surface area (TPSA) is 42.0 Å². The molecule has 0 aliphatic carbocycles. The first-order valence-electron chi connectivity index (χ1n) is 10.0. The van der Waals surface area contributed by atoms with Gasteiger partial charge in [-0.15, -0.1) is 6.58 Å². The van der Waals surface area contributed by atoms with Gasteiger partial charge in [0.15, 0.2) is 5.78 Å². The maximum absolute atomic E-state index is 13.7. The van der Waals surface area contributed by atoms with Gasteiger partial charge in [0.05, 0.1) is 32.0 Å². The second-order valence-electron chi connectivity index (χ2n) is 7.59. The Kier molecular flexibility index (Phi) is 6.68. The third-order valence-corrected chi connectivity index (χ3v) is 5.72. The molecular formula is C22H32N2O3. The van der Waals surface area contributed by atoms with E-state index in [9.17, 15) is 4.79 Å². The van der Waals surface area contributed by atoms with Crippen LogP contribution in [-0.2, 0) is 9.47 Å². The summed E-state index contributed by atoms with van der Waals surface area (Å²) in [6.07, 6.45) is 1.46. The van der Waals surface area contributed by atoms with Crippen LogP contribution in [0.4, 0.5) is 5.69 Å². The van der Waals surface area contributed by atoms with E-state index in [0.29, 0.717) is 19.6 Å². The number of carbonyl (C=O) groups is 1. The van der Waals surface area contributed by atoms with Gasteiger partial charge in [-0.2, -0.15) is 0 Å². The third-order valence-electron chi connectivity index (χ3n) is 5.72. The van der Waals surface area contributed by atoms with Crippen LogP contribution in [-0.4, -0.2) is 68.8 Å². The van der Waals surface area contributed by atoms with E-state index >= 15 is 0 Å². The van der Waals surface area contributed by atoms with Crippen molar-refractivity contribution in [2.24, 2.45) is 0 Å². The monoisotopic (exact) mass is 372 g/mol. The largest absolute Gasteiger partial charge is 0.379 e. The predicted octanol–water partition coefficient (Wildman–Crippen LogP) is 3.15. The Morgan fingerprint density at radius 2 is 1.59 bits per heavy atom. The molecule has 1 unspecified atom stereocenters. The molecule has 2 fully saturated rings. The summed E-state index contributed by atoms with van der Waals surface area (Å²) in [6.45, 7) is 14.5. The van der Waals surface area contributed by atoms with Crippen molar-refractivity contribution >= 4 is 11.5 Å². The molecule has 148 valence electrons. The number of rotatable bonds is 7. The van der Waals surface area contributed by atoms with Crippen molar-refractivity contribution in [1.29, 1.82) is 0 Å². The van der Waals surface area contributed by atoms with Gasteiger partial charge in [-0.3, -0.25) is 9.69 Å². The van der Waals surface area contributed by atoms with E-state index in [1.807, 2.05) is 19.1 Å². The maximum Gasteiger partial charge on any atom is 0.183 e. The van der Waals surface area contributed by atoms with E-state index in [0.717, 1.165) is 62.6 Å². The van der Waals surface area contributed by atoms with E-state index in [4.69, 9.17) is 9.47 Å². The third kappa shape index (κ3) is 4.42. The molecule has 2 aliphatic rings. The number of Topliss-reactive ketones (excluding diaryl/α,β-unsaturated/α-hetero) is 1. The highest BCUT2D eigenvalue weighted by molar-refractivity contribution is 6.03. The number of carbonyl (C=O) groups excluding carboxylic acids is 1. The molecule has 0 N–H and O–H groups in total. The van der Waals surface area contributed by atoms with Gasteiger partial charge in [0.25, 0.3) is 0 Å². The molecule has 3 rings (SSSR count). The fourth-order valence-electron chi connectivity index (χ4n) is 4.25. The number of morpholine rings is 2. The zero-order valence-electron chi connectivity index (χ0n) is 16.7. The van der Waals surface area contributed by atoms with Gasteiger partial charge in [0, 0.05) is 37.4 Å². The minimum atomic E-state index is -0.532. The van der Waals surface area contributed by atoms with Crippen molar-refractivity contribution in [3.63, 3.8) is 0 Å². The molecule has 0 amide bonds. The number of nitrogens with zero attached hydrogens (tertiary/aromatic N) is 2. The molecule has 0 bridgehead atoms. The summed E-state index contributed by atoms with van der Waals surface area (Å²) in [5.41, 5.74) is 2.45. The number of hydrogen-bond acceptors (Lipinski definition) is 5. The molecule has 1 atom stereocenters. The number of ether oxygens (including phenoxy) is 2. The summed E-state index contributed by atoms with van der Waals surface area (Å²) in [5.74, 6) is 0.198. The second kappa shape index (κ2) is 9.00. The van der Waals surface area contributed by atoms with Crippen LogP contribution in [0.5, 0.6) is 0 Å². The number of ketones is 1. The number of anilines is 1. The highest BCUT2D eigenvalue weighted by Crippen LogP contribution is 2.32. The Morgan fingerprint density at radius 3 is 2.11 bits per heavy atom. The normalized spacial score (nSPS) is 20.9. The maximum atomic E-state index is 13.7. The van der Waals surface area contributed by atoms with Gasteiger partial charge in [-0.05, 0) is 44.0 Å². The van der Waals surface area contributed by atoms with E-state index in [1.54, 1.807) is 0 Å². The average Bonchev–Trinajstić information content (AvgIpc) is 2.73. The molecule has 1 aromatic carbocycles. The van der Waals surface area contributed by atoms with Gasteiger partial charge in [0.2, 0.25) is 0 Å². The Hall–Kier alpha value is -1.69. The Bertz CT molecular complexity index is 646. The summed E-state index contributed by atoms with van der Waals surface area (Å²) < 4.78 is 10.9. The molecule has 0 saturated carbocycles. The van der Waals surface area contributed by atoms with Gasteiger partial charge in [-0.1, -0.05) is 12.5 Å². The predicted molar refractivity (Wildman–Crippen MR) is 109 cm³/mol. The van der Waals surface area contributed by atoms with E-state index in [-0.39, 0.29) is 5.78 Å². The summed E-state index contributed by atoms with van der Waals surface area (Å²) in [5, 5.41) is 0. The lowest BCUT2D eigenvalue weighted by molar-refractivity contribution is -0.0162. The standard InChI is InChI=1S/C22H32N2O3/c1-4-22(17-18(2)3,24-11-15-27-16-12-24)21(25)19-5-7-20(8-6-19)23-9-13-26-14-10-23/h5-8H,2,4,9-17H2,1,3H3. The van der Waals surface area contributed by atoms with E-state index < -0.39 is 5.54 Å². The van der Waals surface area contributed by atoms with E-state index in [1.165, 1.54) is 0 Å². The van der Waals surface area contributed by atoms with Crippen molar-refractivity contribution < 1.29 is 14.3 Å². The summed E-state index contributed by atoms with van der Waals surface area (Å²) in [6, 6.07) is 8.10. The van der Waals surface area contributed by atoms with Gasteiger partial charge >= 0.3 is 0 Å². The Labute approximate surface area is 162 Å². The van der Waals surface area contributed by atoms with Crippen molar-refractivity contribution in [2.45, 2.75) is 32.2 Å². The van der Waals surface area contributed by atoms with Crippen LogP contribution in [0.15, 0.2) is 36.4 Å². The minimum absolute atomic E-state index is 0.198. The van der Waals surface area contributed by atoms with Crippen LogP contribution >= 0.6 is 0 Å². The number of hydrogen-bond donors (Lipinski definition) is 0.